The van der Waals surface area contributed by atoms with Gasteiger partial charge in [0.25, 0.3) is 5.56 Å². The molecular formula is C10H9N3O4. The van der Waals surface area contributed by atoms with Gasteiger partial charge < -0.3 is 9.52 Å². The van der Waals surface area contributed by atoms with Crippen molar-refractivity contribution in [1.29, 1.82) is 0 Å². The minimum absolute atomic E-state index is 0.101. The quantitative estimate of drug-likeness (QED) is 0.649. The molecule has 7 heteroatoms. The average molecular weight is 235 g/mol. The molecular weight excluding hydrogens is 226 g/mol. The number of H-pyrrole nitrogens is 2. The van der Waals surface area contributed by atoms with Crippen LogP contribution in [0.4, 0.5) is 0 Å². The third-order valence-electron chi connectivity index (χ3n) is 2.01. The van der Waals surface area contributed by atoms with Crippen molar-refractivity contribution >= 4 is 6.21 Å². The minimum Gasteiger partial charge on any atom is -0.494 e. The zero-order valence-electron chi connectivity index (χ0n) is 8.64. The first-order valence-corrected chi connectivity index (χ1v) is 4.74. The minimum atomic E-state index is -0.768. The van der Waals surface area contributed by atoms with Crippen LogP contribution in [-0.2, 0) is 6.54 Å². The van der Waals surface area contributed by atoms with Crippen LogP contribution < -0.4 is 11.2 Å². The number of rotatable bonds is 3. The maximum Gasteiger partial charge on any atom is 0.328 e. The van der Waals surface area contributed by atoms with Crippen molar-refractivity contribution in [3.05, 3.63) is 50.6 Å². The number of hydrogen-bond acceptors (Lipinski definition) is 5. The smallest absolute Gasteiger partial charge is 0.328 e. The Labute approximate surface area is 94.5 Å². The van der Waals surface area contributed by atoms with E-state index >= 15 is 0 Å². The fraction of sp³-hybridized carbons (Fsp3) is 0.100. The van der Waals surface area contributed by atoms with Gasteiger partial charge in [-0.1, -0.05) is 0 Å². The zero-order valence-corrected chi connectivity index (χ0v) is 8.64. The second-order valence-electron chi connectivity index (χ2n) is 3.22. The van der Waals surface area contributed by atoms with Crippen molar-refractivity contribution in [2.45, 2.75) is 6.54 Å². The highest BCUT2D eigenvalue weighted by Crippen LogP contribution is 2.04. The van der Waals surface area contributed by atoms with Crippen LogP contribution in [0.3, 0.4) is 0 Å². The van der Waals surface area contributed by atoms with Gasteiger partial charge in [0.2, 0.25) is 5.88 Å². The SMILES string of the molecule is O=c1[nH]c(O)c(C=NCc2ccco2)c(=O)[nH]1. The molecule has 0 saturated heterocycles. The Kier molecular flexibility index (Phi) is 2.91. The summed E-state index contributed by atoms with van der Waals surface area (Å²) >= 11 is 0. The Morgan fingerprint density at radius 3 is 2.88 bits per heavy atom. The third-order valence-corrected chi connectivity index (χ3v) is 2.01. The molecule has 0 aromatic carbocycles. The van der Waals surface area contributed by atoms with Crippen LogP contribution >= 0.6 is 0 Å². The van der Waals surface area contributed by atoms with Gasteiger partial charge in [0.15, 0.2) is 0 Å². The molecule has 0 radical (unpaired) electrons. The first-order valence-electron chi connectivity index (χ1n) is 4.74. The van der Waals surface area contributed by atoms with E-state index in [9.17, 15) is 14.7 Å². The lowest BCUT2D eigenvalue weighted by Gasteiger charge is -1.95. The maximum absolute atomic E-state index is 11.3. The number of aromatic nitrogens is 2. The van der Waals surface area contributed by atoms with Gasteiger partial charge in [-0.3, -0.25) is 19.8 Å². The van der Waals surface area contributed by atoms with Crippen LogP contribution in [0.2, 0.25) is 0 Å². The lowest BCUT2D eigenvalue weighted by molar-refractivity contribution is 0.447. The molecule has 2 aromatic heterocycles. The summed E-state index contributed by atoms with van der Waals surface area (Å²) in [6.45, 7) is 0.241. The standard InChI is InChI=1S/C10H9N3O4/c14-8-7(9(15)13-10(16)12-8)5-11-4-6-2-1-3-17-6/h1-3,5H,4H2,(H3,12,13,14,15,16). The number of furan rings is 1. The van der Waals surface area contributed by atoms with Gasteiger partial charge in [-0.15, -0.1) is 0 Å². The largest absolute Gasteiger partial charge is 0.494 e. The van der Waals surface area contributed by atoms with E-state index in [1.54, 1.807) is 12.1 Å². The number of aliphatic imine (C=N–C) groups is 1. The fourth-order valence-corrected chi connectivity index (χ4v) is 1.23. The molecule has 0 amide bonds. The monoisotopic (exact) mass is 235 g/mol. The van der Waals surface area contributed by atoms with E-state index in [-0.39, 0.29) is 12.1 Å². The first-order chi connectivity index (χ1) is 8.16. The number of aromatic hydroxyl groups is 1. The number of aromatic amines is 2. The second-order valence-corrected chi connectivity index (χ2v) is 3.22. The van der Waals surface area contributed by atoms with E-state index in [0.29, 0.717) is 5.76 Å². The molecule has 88 valence electrons. The third kappa shape index (κ3) is 2.51. The molecule has 0 saturated carbocycles. The van der Waals surface area contributed by atoms with Gasteiger partial charge in [0.05, 0.1) is 12.8 Å². The van der Waals surface area contributed by atoms with Gasteiger partial charge in [-0.2, -0.15) is 0 Å². The predicted molar refractivity (Wildman–Crippen MR) is 59.4 cm³/mol. The van der Waals surface area contributed by atoms with Crippen molar-refractivity contribution in [3.8, 4) is 5.88 Å². The number of nitrogens with one attached hydrogen (secondary N) is 2. The van der Waals surface area contributed by atoms with E-state index in [2.05, 4.69) is 9.98 Å². The van der Waals surface area contributed by atoms with Crippen molar-refractivity contribution in [3.63, 3.8) is 0 Å². The van der Waals surface area contributed by atoms with Crippen molar-refractivity contribution in [2.24, 2.45) is 4.99 Å². The first kappa shape index (κ1) is 10.9. The van der Waals surface area contributed by atoms with E-state index in [4.69, 9.17) is 4.42 Å². The summed E-state index contributed by atoms with van der Waals surface area (Å²) in [6, 6.07) is 3.45. The lowest BCUT2D eigenvalue weighted by atomic mass is 10.3. The summed E-state index contributed by atoms with van der Waals surface area (Å²) in [7, 11) is 0. The Morgan fingerprint density at radius 1 is 1.41 bits per heavy atom. The molecule has 0 unspecified atom stereocenters. The summed E-state index contributed by atoms with van der Waals surface area (Å²) in [5.41, 5.74) is -1.57. The van der Waals surface area contributed by atoms with Crippen LogP contribution in [0, 0.1) is 0 Å². The Bertz CT molecular complexity index is 636. The van der Waals surface area contributed by atoms with Gasteiger partial charge in [-0.25, -0.2) is 4.79 Å². The topological polar surface area (TPSA) is 111 Å². The van der Waals surface area contributed by atoms with Gasteiger partial charge in [-0.05, 0) is 12.1 Å². The summed E-state index contributed by atoms with van der Waals surface area (Å²) in [6.07, 6.45) is 2.68. The summed E-state index contributed by atoms with van der Waals surface area (Å²) in [5, 5.41) is 9.34. The molecule has 7 nitrogen and oxygen atoms in total. The molecule has 2 heterocycles. The highest BCUT2D eigenvalue weighted by Gasteiger charge is 2.05. The molecule has 3 N–H and O–H groups in total. The van der Waals surface area contributed by atoms with Crippen LogP contribution in [-0.4, -0.2) is 21.3 Å². The molecule has 0 fully saturated rings. The molecule has 0 bridgehead atoms. The molecule has 0 atom stereocenters. The number of hydrogen-bond donors (Lipinski definition) is 3. The zero-order chi connectivity index (χ0) is 12.3. The highest BCUT2D eigenvalue weighted by atomic mass is 16.3. The maximum atomic E-state index is 11.3. The van der Waals surface area contributed by atoms with Gasteiger partial charge in [0.1, 0.15) is 11.3 Å². The van der Waals surface area contributed by atoms with Crippen molar-refractivity contribution in [2.75, 3.05) is 0 Å². The van der Waals surface area contributed by atoms with E-state index in [1.165, 1.54) is 12.5 Å². The van der Waals surface area contributed by atoms with Crippen LogP contribution in [0.1, 0.15) is 11.3 Å². The Hall–Kier alpha value is -2.57. The molecule has 2 aromatic rings. The molecule has 2 rings (SSSR count). The second kappa shape index (κ2) is 4.52. The normalized spacial score (nSPS) is 11.1. The van der Waals surface area contributed by atoms with Crippen molar-refractivity contribution < 1.29 is 9.52 Å². The molecule has 0 aliphatic carbocycles. The van der Waals surface area contributed by atoms with E-state index in [1.807, 2.05) is 4.98 Å². The van der Waals surface area contributed by atoms with Crippen molar-refractivity contribution in [1.82, 2.24) is 9.97 Å². The predicted octanol–water partition coefficient (Wildman–Crippen LogP) is -0.0191. The molecule has 0 aliphatic heterocycles. The number of nitrogens with zero attached hydrogens (tertiary/aromatic N) is 1. The fourth-order valence-electron chi connectivity index (χ4n) is 1.23. The van der Waals surface area contributed by atoms with E-state index in [0.717, 1.165) is 0 Å². The lowest BCUT2D eigenvalue weighted by Crippen LogP contribution is -2.24. The molecule has 0 aliphatic rings. The van der Waals surface area contributed by atoms with E-state index < -0.39 is 17.1 Å². The summed E-state index contributed by atoms with van der Waals surface area (Å²) < 4.78 is 5.03. The van der Waals surface area contributed by atoms with Crippen LogP contribution in [0.5, 0.6) is 5.88 Å². The summed E-state index contributed by atoms with van der Waals surface area (Å²) in [5.74, 6) is 0.114. The van der Waals surface area contributed by atoms with Crippen LogP contribution in [0.15, 0.2) is 37.4 Å². The highest BCUT2D eigenvalue weighted by molar-refractivity contribution is 5.81. The van der Waals surface area contributed by atoms with Gasteiger partial charge >= 0.3 is 5.69 Å². The van der Waals surface area contributed by atoms with Crippen LogP contribution in [0.25, 0.3) is 0 Å². The Morgan fingerprint density at radius 2 is 2.24 bits per heavy atom. The average Bonchev–Trinajstić information content (AvgIpc) is 2.74. The Balaban J connectivity index is 2.22. The molecule has 17 heavy (non-hydrogen) atoms. The van der Waals surface area contributed by atoms with Gasteiger partial charge in [0, 0.05) is 6.21 Å². The summed E-state index contributed by atoms with van der Waals surface area (Å²) in [4.78, 5) is 30.0. The molecule has 0 spiro atoms.